The SMILES string of the molecule is COc1c[nH]c(C=O)c1Cl. The van der Waals surface area contributed by atoms with Crippen LogP contribution in [-0.4, -0.2) is 18.4 Å². The van der Waals surface area contributed by atoms with Crippen molar-refractivity contribution >= 4 is 17.9 Å². The maximum atomic E-state index is 10.2. The number of carbonyl (C=O) groups excluding carboxylic acids is 1. The zero-order chi connectivity index (χ0) is 7.56. The number of hydrogen-bond acceptors (Lipinski definition) is 2. The van der Waals surface area contributed by atoms with Crippen molar-refractivity contribution in [1.29, 1.82) is 0 Å². The third-order valence-electron chi connectivity index (χ3n) is 1.15. The number of H-pyrrole nitrogens is 1. The van der Waals surface area contributed by atoms with E-state index in [4.69, 9.17) is 16.3 Å². The summed E-state index contributed by atoms with van der Waals surface area (Å²) in [5.41, 5.74) is 0.346. The van der Waals surface area contributed by atoms with E-state index in [9.17, 15) is 4.79 Å². The number of nitrogens with one attached hydrogen (secondary N) is 1. The van der Waals surface area contributed by atoms with Gasteiger partial charge in [0.15, 0.2) is 12.0 Å². The quantitative estimate of drug-likeness (QED) is 0.665. The maximum absolute atomic E-state index is 10.2. The summed E-state index contributed by atoms with van der Waals surface area (Å²) in [6, 6.07) is 0. The first-order valence-electron chi connectivity index (χ1n) is 2.65. The molecule has 0 spiro atoms. The third-order valence-corrected chi connectivity index (χ3v) is 1.54. The largest absolute Gasteiger partial charge is 0.494 e. The lowest BCUT2D eigenvalue weighted by molar-refractivity contribution is 0.111. The summed E-state index contributed by atoms with van der Waals surface area (Å²) in [6.45, 7) is 0. The summed E-state index contributed by atoms with van der Waals surface area (Å²) < 4.78 is 4.81. The Morgan fingerprint density at radius 1 is 1.80 bits per heavy atom. The van der Waals surface area contributed by atoms with Crippen LogP contribution >= 0.6 is 11.6 Å². The van der Waals surface area contributed by atoms with Crippen LogP contribution in [0.25, 0.3) is 0 Å². The van der Waals surface area contributed by atoms with E-state index in [1.165, 1.54) is 13.3 Å². The van der Waals surface area contributed by atoms with Gasteiger partial charge in [0.1, 0.15) is 10.7 Å². The van der Waals surface area contributed by atoms with E-state index < -0.39 is 0 Å². The van der Waals surface area contributed by atoms with Crippen molar-refractivity contribution in [2.75, 3.05) is 7.11 Å². The van der Waals surface area contributed by atoms with Crippen molar-refractivity contribution in [2.45, 2.75) is 0 Å². The smallest absolute Gasteiger partial charge is 0.167 e. The average Bonchev–Trinajstić information content (AvgIpc) is 2.30. The highest BCUT2D eigenvalue weighted by molar-refractivity contribution is 6.34. The summed E-state index contributed by atoms with van der Waals surface area (Å²) in [5, 5.41) is 0.331. The number of methoxy groups -OCH3 is 1. The zero-order valence-corrected chi connectivity index (χ0v) is 6.11. The van der Waals surface area contributed by atoms with Gasteiger partial charge in [0.2, 0.25) is 0 Å². The van der Waals surface area contributed by atoms with Gasteiger partial charge in [0, 0.05) is 6.20 Å². The van der Waals surface area contributed by atoms with Crippen molar-refractivity contribution in [1.82, 2.24) is 4.98 Å². The molecule has 1 N–H and O–H groups in total. The van der Waals surface area contributed by atoms with Crippen LogP contribution in [0.3, 0.4) is 0 Å². The van der Waals surface area contributed by atoms with Gasteiger partial charge in [-0.25, -0.2) is 0 Å². The van der Waals surface area contributed by atoms with Crippen molar-refractivity contribution in [2.24, 2.45) is 0 Å². The minimum Gasteiger partial charge on any atom is -0.494 e. The van der Waals surface area contributed by atoms with E-state index in [1.807, 2.05) is 0 Å². The number of hydrogen-bond donors (Lipinski definition) is 1. The van der Waals surface area contributed by atoms with Crippen LogP contribution < -0.4 is 4.74 Å². The Balaban J connectivity index is 3.08. The number of ether oxygens (including phenoxy) is 1. The lowest BCUT2D eigenvalue weighted by Gasteiger charge is -1.92. The fraction of sp³-hybridized carbons (Fsp3) is 0.167. The molecule has 54 valence electrons. The second-order valence-electron chi connectivity index (χ2n) is 1.70. The summed E-state index contributed by atoms with van der Waals surface area (Å²) in [7, 11) is 1.49. The molecule has 0 saturated carbocycles. The number of aromatic amines is 1. The number of halogens is 1. The highest BCUT2D eigenvalue weighted by atomic mass is 35.5. The Morgan fingerprint density at radius 2 is 2.50 bits per heavy atom. The number of aldehydes is 1. The molecule has 0 saturated heterocycles. The second kappa shape index (κ2) is 2.75. The summed E-state index contributed by atoms with van der Waals surface area (Å²) in [5.74, 6) is 0.490. The lowest BCUT2D eigenvalue weighted by atomic mass is 10.4. The van der Waals surface area contributed by atoms with Crippen LogP contribution in [0.5, 0.6) is 5.75 Å². The van der Waals surface area contributed by atoms with E-state index in [-0.39, 0.29) is 0 Å². The van der Waals surface area contributed by atoms with Crippen molar-refractivity contribution in [3.05, 3.63) is 16.9 Å². The molecule has 0 atom stereocenters. The molecule has 1 heterocycles. The molecular weight excluding hydrogens is 154 g/mol. The molecule has 0 bridgehead atoms. The minimum atomic E-state index is 0.331. The highest BCUT2D eigenvalue weighted by Gasteiger charge is 2.06. The molecular formula is C6H6ClNO2. The van der Waals surface area contributed by atoms with Crippen LogP contribution in [0.1, 0.15) is 10.5 Å². The third kappa shape index (κ3) is 0.998. The summed E-state index contributed by atoms with van der Waals surface area (Å²) >= 11 is 5.64. The first kappa shape index (κ1) is 7.15. The molecule has 0 amide bonds. The number of carbonyl (C=O) groups is 1. The Hall–Kier alpha value is -0.960. The fourth-order valence-electron chi connectivity index (χ4n) is 0.637. The number of rotatable bonds is 2. The van der Waals surface area contributed by atoms with E-state index in [0.717, 1.165) is 0 Å². The van der Waals surface area contributed by atoms with Crippen molar-refractivity contribution < 1.29 is 9.53 Å². The van der Waals surface area contributed by atoms with Crippen LogP contribution in [0, 0.1) is 0 Å². The average molecular weight is 160 g/mol. The molecule has 4 heteroatoms. The molecule has 1 rings (SSSR count). The summed E-state index contributed by atoms with van der Waals surface area (Å²) in [6.07, 6.45) is 2.18. The first-order valence-corrected chi connectivity index (χ1v) is 3.03. The van der Waals surface area contributed by atoms with Gasteiger partial charge in [0.05, 0.1) is 7.11 Å². The first-order chi connectivity index (χ1) is 4.79. The Morgan fingerprint density at radius 3 is 2.80 bits per heavy atom. The molecule has 1 aromatic heterocycles. The molecule has 0 aliphatic heterocycles. The van der Waals surface area contributed by atoms with Gasteiger partial charge in [-0.3, -0.25) is 4.79 Å². The van der Waals surface area contributed by atoms with Gasteiger partial charge in [-0.1, -0.05) is 11.6 Å². The molecule has 3 nitrogen and oxygen atoms in total. The predicted molar refractivity (Wildman–Crippen MR) is 37.7 cm³/mol. The molecule has 0 aliphatic rings. The molecule has 0 radical (unpaired) electrons. The van der Waals surface area contributed by atoms with Crippen molar-refractivity contribution in [3.63, 3.8) is 0 Å². The maximum Gasteiger partial charge on any atom is 0.167 e. The molecule has 10 heavy (non-hydrogen) atoms. The predicted octanol–water partition coefficient (Wildman–Crippen LogP) is 1.49. The lowest BCUT2D eigenvalue weighted by Crippen LogP contribution is -1.80. The van der Waals surface area contributed by atoms with Crippen LogP contribution in [0.15, 0.2) is 6.20 Å². The summed E-state index contributed by atoms with van der Waals surface area (Å²) in [4.78, 5) is 12.8. The normalized spacial score (nSPS) is 9.40. The minimum absolute atomic E-state index is 0.331. The molecule has 0 unspecified atom stereocenters. The second-order valence-corrected chi connectivity index (χ2v) is 2.08. The molecule has 0 aromatic carbocycles. The fourth-order valence-corrected chi connectivity index (χ4v) is 0.868. The molecule has 0 fully saturated rings. The molecule has 0 aliphatic carbocycles. The van der Waals surface area contributed by atoms with Gasteiger partial charge in [0.25, 0.3) is 0 Å². The van der Waals surface area contributed by atoms with E-state index in [1.54, 1.807) is 0 Å². The standard InChI is InChI=1S/C6H6ClNO2/c1-10-5-2-8-4(3-9)6(5)7/h2-3,8H,1H3. The zero-order valence-electron chi connectivity index (χ0n) is 5.35. The van der Waals surface area contributed by atoms with Gasteiger partial charge in [-0.2, -0.15) is 0 Å². The molecule has 1 aromatic rings. The van der Waals surface area contributed by atoms with Crippen LogP contribution in [0.2, 0.25) is 5.02 Å². The van der Waals surface area contributed by atoms with E-state index >= 15 is 0 Å². The van der Waals surface area contributed by atoms with Crippen LogP contribution in [0.4, 0.5) is 0 Å². The highest BCUT2D eigenvalue weighted by Crippen LogP contribution is 2.25. The monoisotopic (exact) mass is 159 g/mol. The van der Waals surface area contributed by atoms with Gasteiger partial charge < -0.3 is 9.72 Å². The Bertz CT molecular complexity index is 244. The van der Waals surface area contributed by atoms with Gasteiger partial charge in [-0.15, -0.1) is 0 Å². The van der Waals surface area contributed by atoms with Gasteiger partial charge >= 0.3 is 0 Å². The van der Waals surface area contributed by atoms with E-state index in [2.05, 4.69) is 4.98 Å². The van der Waals surface area contributed by atoms with E-state index in [0.29, 0.717) is 22.8 Å². The van der Waals surface area contributed by atoms with Crippen molar-refractivity contribution in [3.8, 4) is 5.75 Å². The van der Waals surface area contributed by atoms with Gasteiger partial charge in [-0.05, 0) is 0 Å². The van der Waals surface area contributed by atoms with Crippen LogP contribution in [-0.2, 0) is 0 Å². The number of aromatic nitrogens is 1. The Labute approximate surface area is 62.9 Å². The topological polar surface area (TPSA) is 42.1 Å². The Kier molecular flexibility index (Phi) is 1.97.